The number of esters is 1. The zero-order chi connectivity index (χ0) is 21.5. The number of carbonyl (C=O) groups excluding carboxylic acids is 2. The van der Waals surface area contributed by atoms with Crippen molar-refractivity contribution in [1.29, 1.82) is 5.26 Å². The summed E-state index contributed by atoms with van der Waals surface area (Å²) in [6.07, 6.45) is 0. The van der Waals surface area contributed by atoms with Crippen LogP contribution in [-0.4, -0.2) is 18.5 Å². The van der Waals surface area contributed by atoms with Crippen molar-refractivity contribution in [3.05, 3.63) is 81.7 Å². The van der Waals surface area contributed by atoms with E-state index in [1.807, 2.05) is 6.07 Å². The monoisotopic (exact) mass is 421 g/mol. The molecular formula is C22H16ClN3O4. The van der Waals surface area contributed by atoms with Crippen molar-refractivity contribution in [2.75, 3.05) is 11.9 Å². The van der Waals surface area contributed by atoms with Crippen LogP contribution in [0, 0.1) is 11.3 Å². The Bertz CT molecular complexity index is 1180. The first-order valence-corrected chi connectivity index (χ1v) is 9.49. The summed E-state index contributed by atoms with van der Waals surface area (Å²) >= 11 is 6.21. The van der Waals surface area contributed by atoms with Gasteiger partial charge in [-0.15, -0.1) is 0 Å². The molecule has 2 aliphatic rings. The van der Waals surface area contributed by atoms with E-state index in [1.54, 1.807) is 49.4 Å². The minimum absolute atomic E-state index is 0.0496. The summed E-state index contributed by atoms with van der Waals surface area (Å²) in [4.78, 5) is 26.6. The van der Waals surface area contributed by atoms with Crippen molar-refractivity contribution >= 4 is 34.9 Å². The number of carbonyl (C=O) groups is 2. The van der Waals surface area contributed by atoms with Crippen LogP contribution in [0.2, 0.25) is 5.02 Å². The number of rotatable bonds is 3. The molecule has 3 N–H and O–H groups in total. The van der Waals surface area contributed by atoms with Crippen LogP contribution >= 0.6 is 11.6 Å². The van der Waals surface area contributed by atoms with Gasteiger partial charge in [0, 0.05) is 21.8 Å². The van der Waals surface area contributed by atoms with Gasteiger partial charge < -0.3 is 20.5 Å². The second kappa shape index (κ2) is 7.25. The maximum atomic E-state index is 13.4. The number of nitrogens with two attached hydrogens (primary N) is 1. The summed E-state index contributed by atoms with van der Waals surface area (Å²) in [6, 6.07) is 15.4. The number of halogens is 1. The van der Waals surface area contributed by atoms with Gasteiger partial charge in [0.1, 0.15) is 23.0 Å². The maximum Gasteiger partial charge on any atom is 0.339 e. The lowest BCUT2D eigenvalue weighted by Crippen LogP contribution is -2.45. The third-order valence-corrected chi connectivity index (χ3v) is 5.27. The van der Waals surface area contributed by atoms with Gasteiger partial charge in [0.05, 0.1) is 6.61 Å². The lowest BCUT2D eigenvalue weighted by atomic mass is 9.67. The van der Waals surface area contributed by atoms with Crippen molar-refractivity contribution in [1.82, 2.24) is 0 Å². The highest BCUT2D eigenvalue weighted by Crippen LogP contribution is 2.53. The Balaban J connectivity index is 2.15. The molecule has 2 aliphatic heterocycles. The lowest BCUT2D eigenvalue weighted by Gasteiger charge is -2.34. The molecule has 0 aliphatic carbocycles. The molecule has 150 valence electrons. The number of fused-ring (bicyclic) bond motifs is 2. The Labute approximate surface area is 177 Å². The van der Waals surface area contributed by atoms with E-state index in [2.05, 4.69) is 5.32 Å². The largest absolute Gasteiger partial charge is 0.462 e. The molecule has 2 heterocycles. The molecule has 1 spiro atoms. The zero-order valence-corrected chi connectivity index (χ0v) is 16.6. The van der Waals surface area contributed by atoms with Gasteiger partial charge in [-0.2, -0.15) is 5.26 Å². The molecule has 8 heteroatoms. The van der Waals surface area contributed by atoms with Gasteiger partial charge in [0.15, 0.2) is 5.41 Å². The van der Waals surface area contributed by atoms with Crippen molar-refractivity contribution in [2.24, 2.45) is 5.73 Å². The minimum Gasteiger partial charge on any atom is -0.462 e. The van der Waals surface area contributed by atoms with Gasteiger partial charge in [0.2, 0.25) is 11.8 Å². The minimum atomic E-state index is -1.85. The molecule has 0 radical (unpaired) electrons. The van der Waals surface area contributed by atoms with Crippen molar-refractivity contribution in [3.63, 3.8) is 0 Å². The fourth-order valence-electron chi connectivity index (χ4n) is 3.84. The molecule has 0 saturated carbocycles. The van der Waals surface area contributed by atoms with Crippen LogP contribution in [-0.2, 0) is 24.5 Å². The highest BCUT2D eigenvalue weighted by Gasteiger charge is 2.60. The van der Waals surface area contributed by atoms with E-state index >= 15 is 0 Å². The molecule has 0 saturated heterocycles. The standard InChI is InChI=1S/C22H16ClN3O4/c1-2-29-20(27)17-18(12-6-4-3-5-7-12)30-19(25)15(11-24)22(17)14-10-13(23)8-9-16(14)26-21(22)28/h3-10H,2,25H2,1H3,(H,26,28). The number of nitrogens with one attached hydrogen (secondary N) is 1. The van der Waals surface area contributed by atoms with Crippen molar-refractivity contribution in [3.8, 4) is 6.07 Å². The number of amides is 1. The van der Waals surface area contributed by atoms with Gasteiger partial charge in [-0.05, 0) is 25.1 Å². The van der Waals surface area contributed by atoms with Crippen LogP contribution in [0.3, 0.4) is 0 Å². The first-order chi connectivity index (χ1) is 14.4. The van der Waals surface area contributed by atoms with Crippen LogP contribution in [0.4, 0.5) is 5.69 Å². The second-order valence-electron chi connectivity index (χ2n) is 6.64. The fourth-order valence-corrected chi connectivity index (χ4v) is 4.02. The highest BCUT2D eigenvalue weighted by atomic mass is 35.5. The first kappa shape index (κ1) is 19.6. The summed E-state index contributed by atoms with van der Waals surface area (Å²) < 4.78 is 11.0. The number of ether oxygens (including phenoxy) is 2. The fraction of sp³-hybridized carbons (Fsp3) is 0.136. The molecule has 2 aromatic rings. The average molecular weight is 422 g/mol. The Morgan fingerprint density at radius 3 is 2.70 bits per heavy atom. The molecule has 7 nitrogen and oxygen atoms in total. The van der Waals surface area contributed by atoms with Crippen LogP contribution in [0.5, 0.6) is 0 Å². The smallest absolute Gasteiger partial charge is 0.339 e. The van der Waals surface area contributed by atoms with Crippen molar-refractivity contribution in [2.45, 2.75) is 12.3 Å². The third kappa shape index (κ3) is 2.65. The van der Waals surface area contributed by atoms with E-state index in [4.69, 9.17) is 26.8 Å². The normalized spacial score (nSPS) is 19.8. The quantitative estimate of drug-likeness (QED) is 0.735. The number of nitrogens with zero attached hydrogens (tertiary/aromatic N) is 1. The summed E-state index contributed by atoms with van der Waals surface area (Å²) in [6.45, 7) is 1.71. The third-order valence-electron chi connectivity index (χ3n) is 5.04. The number of benzene rings is 2. The predicted octanol–water partition coefficient (Wildman–Crippen LogP) is 3.23. The van der Waals surface area contributed by atoms with E-state index in [0.717, 1.165) is 0 Å². The first-order valence-electron chi connectivity index (χ1n) is 9.12. The zero-order valence-electron chi connectivity index (χ0n) is 15.9. The molecule has 4 rings (SSSR count). The van der Waals surface area contributed by atoms with Crippen LogP contribution in [0.25, 0.3) is 5.76 Å². The molecular weight excluding hydrogens is 406 g/mol. The predicted molar refractivity (Wildman–Crippen MR) is 110 cm³/mol. The van der Waals surface area contributed by atoms with E-state index in [1.165, 1.54) is 6.07 Å². The number of nitriles is 1. The van der Waals surface area contributed by atoms with Crippen molar-refractivity contribution < 1.29 is 19.1 Å². The molecule has 0 aromatic heterocycles. The number of hydrogen-bond acceptors (Lipinski definition) is 6. The Morgan fingerprint density at radius 2 is 2.03 bits per heavy atom. The summed E-state index contributed by atoms with van der Waals surface area (Å²) in [5.41, 5.74) is 5.17. The molecule has 30 heavy (non-hydrogen) atoms. The van der Waals surface area contributed by atoms with E-state index in [0.29, 0.717) is 21.8 Å². The summed E-state index contributed by atoms with van der Waals surface area (Å²) in [5.74, 6) is -1.63. The van der Waals surface area contributed by atoms with Crippen LogP contribution in [0.1, 0.15) is 18.1 Å². The van der Waals surface area contributed by atoms with Gasteiger partial charge in [-0.1, -0.05) is 41.9 Å². The maximum absolute atomic E-state index is 13.4. The number of anilines is 1. The number of hydrogen-bond donors (Lipinski definition) is 2. The lowest BCUT2D eigenvalue weighted by molar-refractivity contribution is -0.140. The average Bonchev–Trinajstić information content (AvgIpc) is 3.00. The van der Waals surface area contributed by atoms with Gasteiger partial charge >= 0.3 is 5.97 Å². The highest BCUT2D eigenvalue weighted by molar-refractivity contribution is 6.31. The molecule has 2 aromatic carbocycles. The Kier molecular flexibility index (Phi) is 4.72. The molecule has 0 fully saturated rings. The molecule has 1 amide bonds. The SMILES string of the molecule is CCOC(=O)C1=C(c2ccccc2)OC(N)=C(C#N)C12C(=O)Nc1ccc(Cl)cc12. The molecule has 1 unspecified atom stereocenters. The van der Waals surface area contributed by atoms with E-state index < -0.39 is 17.3 Å². The van der Waals surface area contributed by atoms with Crippen LogP contribution in [0.15, 0.2) is 65.6 Å². The Morgan fingerprint density at radius 1 is 1.30 bits per heavy atom. The molecule has 0 bridgehead atoms. The summed E-state index contributed by atoms with van der Waals surface area (Å²) in [7, 11) is 0. The van der Waals surface area contributed by atoms with E-state index in [-0.39, 0.29) is 29.4 Å². The topological polar surface area (TPSA) is 114 Å². The summed E-state index contributed by atoms with van der Waals surface area (Å²) in [5, 5.41) is 13.0. The van der Waals surface area contributed by atoms with Gasteiger partial charge in [-0.25, -0.2) is 4.79 Å². The molecule has 1 atom stereocenters. The van der Waals surface area contributed by atoms with Gasteiger partial charge in [-0.3, -0.25) is 4.79 Å². The van der Waals surface area contributed by atoms with Gasteiger partial charge in [0.25, 0.3) is 0 Å². The Hall–Kier alpha value is -3.76. The van der Waals surface area contributed by atoms with Crippen LogP contribution < -0.4 is 11.1 Å². The second-order valence-corrected chi connectivity index (χ2v) is 7.07. The van der Waals surface area contributed by atoms with E-state index in [9.17, 15) is 14.9 Å².